The normalized spacial score (nSPS) is 18.8. The number of carbonyl (C=O) groups is 2. The van der Waals surface area contributed by atoms with Crippen LogP contribution < -0.4 is 11.1 Å². The summed E-state index contributed by atoms with van der Waals surface area (Å²) in [5.74, 6) is -0.554. The molecule has 0 spiro atoms. The van der Waals surface area contributed by atoms with Gasteiger partial charge >= 0.3 is 0 Å². The number of nitro groups is 1. The van der Waals surface area contributed by atoms with E-state index in [0.717, 1.165) is 6.42 Å². The average molecular weight is 306 g/mol. The number of nitrogens with two attached hydrogens (primary N) is 1. The third-order valence-corrected chi connectivity index (χ3v) is 3.57. The number of non-ortho nitro benzene ring substituents is 1. The highest BCUT2D eigenvalue weighted by Crippen LogP contribution is 2.21. The number of nitrogens with zero attached hydrogens (tertiary/aromatic N) is 2. The Hall–Kier alpha value is -2.48. The minimum absolute atomic E-state index is 0.0485. The van der Waals surface area contributed by atoms with Gasteiger partial charge in [0, 0.05) is 24.4 Å². The molecule has 0 bridgehead atoms. The van der Waals surface area contributed by atoms with Crippen molar-refractivity contribution in [2.45, 2.75) is 31.8 Å². The molecule has 1 fully saturated rings. The maximum Gasteiger partial charge on any atom is 0.269 e. The molecular weight excluding hydrogens is 288 g/mol. The second-order valence-corrected chi connectivity index (χ2v) is 5.27. The van der Waals surface area contributed by atoms with Gasteiger partial charge in [-0.2, -0.15) is 0 Å². The Balaban J connectivity index is 2.05. The summed E-state index contributed by atoms with van der Waals surface area (Å²) in [6.07, 6.45) is 1.33. The van der Waals surface area contributed by atoms with Gasteiger partial charge in [0.2, 0.25) is 11.8 Å². The molecule has 1 aliphatic heterocycles. The molecule has 3 N–H and O–H groups in total. The Morgan fingerprint density at radius 2 is 2.05 bits per heavy atom. The molecule has 0 aliphatic carbocycles. The molecule has 1 aromatic rings. The fourth-order valence-corrected chi connectivity index (χ4v) is 2.46. The quantitative estimate of drug-likeness (QED) is 0.632. The molecule has 8 nitrogen and oxygen atoms in total. The predicted octanol–water partition coefficient (Wildman–Crippen LogP) is 0.871. The van der Waals surface area contributed by atoms with Crippen molar-refractivity contribution >= 4 is 23.2 Å². The largest absolute Gasteiger partial charge is 0.329 e. The number of nitrogens with one attached hydrogen (secondary N) is 1. The van der Waals surface area contributed by atoms with Gasteiger partial charge in [-0.3, -0.25) is 19.7 Å². The Morgan fingerprint density at radius 1 is 1.41 bits per heavy atom. The summed E-state index contributed by atoms with van der Waals surface area (Å²) in [5.41, 5.74) is 5.99. The van der Waals surface area contributed by atoms with E-state index in [1.165, 1.54) is 29.2 Å². The van der Waals surface area contributed by atoms with E-state index in [9.17, 15) is 19.7 Å². The summed E-state index contributed by atoms with van der Waals surface area (Å²) in [5, 5.41) is 13.3. The Kier molecular flexibility index (Phi) is 4.71. The van der Waals surface area contributed by atoms with Gasteiger partial charge in [0.05, 0.1) is 11.0 Å². The van der Waals surface area contributed by atoms with E-state index in [-0.39, 0.29) is 17.5 Å². The number of nitro benzene ring substituents is 1. The van der Waals surface area contributed by atoms with Gasteiger partial charge in [-0.15, -0.1) is 0 Å². The van der Waals surface area contributed by atoms with Crippen molar-refractivity contribution in [1.82, 2.24) is 4.90 Å². The topological polar surface area (TPSA) is 119 Å². The number of amides is 2. The monoisotopic (exact) mass is 306 g/mol. The number of carbonyl (C=O) groups excluding carboxylic acids is 2. The van der Waals surface area contributed by atoms with Gasteiger partial charge in [-0.1, -0.05) is 0 Å². The van der Waals surface area contributed by atoms with Crippen LogP contribution in [0.3, 0.4) is 0 Å². The molecule has 0 aromatic heterocycles. The first-order chi connectivity index (χ1) is 10.4. The second kappa shape index (κ2) is 6.52. The lowest BCUT2D eigenvalue weighted by atomic mass is 10.2. The summed E-state index contributed by atoms with van der Waals surface area (Å²) in [7, 11) is 0. The minimum Gasteiger partial charge on any atom is -0.329 e. The summed E-state index contributed by atoms with van der Waals surface area (Å²) in [6, 6.07) is 4.36. The standard InChI is InChI=1S/C14H18N4O4/c1-9(15)14(20)17-8-2-3-12(17)13(19)16-10-4-6-11(7-5-10)18(21)22/h4-7,9,12H,2-3,8,15H2,1H3,(H,16,19)/t9-,12-/m0/s1. The smallest absolute Gasteiger partial charge is 0.269 e. The molecule has 1 heterocycles. The highest BCUT2D eigenvalue weighted by molar-refractivity contribution is 5.98. The van der Waals surface area contributed by atoms with E-state index < -0.39 is 17.0 Å². The summed E-state index contributed by atoms with van der Waals surface area (Å²) >= 11 is 0. The van der Waals surface area contributed by atoms with Crippen LogP contribution in [0.15, 0.2) is 24.3 Å². The van der Waals surface area contributed by atoms with Crippen LogP contribution in [0.5, 0.6) is 0 Å². The maximum absolute atomic E-state index is 12.3. The summed E-state index contributed by atoms with van der Waals surface area (Å²) in [6.45, 7) is 2.10. The van der Waals surface area contributed by atoms with Gasteiger partial charge in [-0.05, 0) is 31.9 Å². The predicted molar refractivity (Wildman–Crippen MR) is 80.1 cm³/mol. The SMILES string of the molecule is C[C@H](N)C(=O)N1CCC[C@H]1C(=O)Nc1ccc([N+](=O)[O-])cc1. The van der Waals surface area contributed by atoms with Crippen LogP contribution >= 0.6 is 0 Å². The van der Waals surface area contributed by atoms with E-state index in [4.69, 9.17) is 5.73 Å². The third kappa shape index (κ3) is 3.40. The minimum atomic E-state index is -0.646. The Labute approximate surface area is 127 Å². The van der Waals surface area contributed by atoms with E-state index >= 15 is 0 Å². The molecule has 0 unspecified atom stereocenters. The van der Waals surface area contributed by atoms with Gasteiger partial charge in [0.1, 0.15) is 6.04 Å². The van der Waals surface area contributed by atoms with Gasteiger partial charge in [0.15, 0.2) is 0 Å². The van der Waals surface area contributed by atoms with Crippen molar-refractivity contribution in [1.29, 1.82) is 0 Å². The summed E-state index contributed by atoms with van der Waals surface area (Å²) < 4.78 is 0. The van der Waals surface area contributed by atoms with Crippen LogP contribution in [-0.4, -0.2) is 40.3 Å². The number of hydrogen-bond donors (Lipinski definition) is 2. The molecule has 0 radical (unpaired) electrons. The zero-order chi connectivity index (χ0) is 16.3. The Morgan fingerprint density at radius 3 is 2.59 bits per heavy atom. The molecule has 1 saturated heterocycles. The third-order valence-electron chi connectivity index (χ3n) is 3.57. The van der Waals surface area contributed by atoms with E-state index in [0.29, 0.717) is 18.7 Å². The van der Waals surface area contributed by atoms with Crippen molar-refractivity contribution in [3.63, 3.8) is 0 Å². The number of anilines is 1. The van der Waals surface area contributed by atoms with Crippen LogP contribution in [-0.2, 0) is 9.59 Å². The molecule has 1 aromatic carbocycles. The first kappa shape index (κ1) is 15.9. The first-order valence-electron chi connectivity index (χ1n) is 7.01. The second-order valence-electron chi connectivity index (χ2n) is 5.27. The number of hydrogen-bond acceptors (Lipinski definition) is 5. The zero-order valence-corrected chi connectivity index (χ0v) is 12.2. The van der Waals surface area contributed by atoms with Crippen molar-refractivity contribution < 1.29 is 14.5 Å². The molecule has 22 heavy (non-hydrogen) atoms. The zero-order valence-electron chi connectivity index (χ0n) is 12.2. The number of benzene rings is 1. The molecule has 1 aliphatic rings. The fraction of sp³-hybridized carbons (Fsp3) is 0.429. The number of rotatable bonds is 4. The van der Waals surface area contributed by atoms with E-state index in [1.54, 1.807) is 6.92 Å². The number of likely N-dealkylation sites (tertiary alicyclic amines) is 1. The first-order valence-corrected chi connectivity index (χ1v) is 7.01. The van der Waals surface area contributed by atoms with Crippen molar-refractivity contribution in [3.8, 4) is 0 Å². The molecule has 2 rings (SSSR count). The lowest BCUT2D eigenvalue weighted by Crippen LogP contribution is -2.48. The van der Waals surface area contributed by atoms with Gasteiger partial charge < -0.3 is 16.0 Å². The molecule has 2 amide bonds. The van der Waals surface area contributed by atoms with Crippen molar-refractivity contribution in [3.05, 3.63) is 34.4 Å². The van der Waals surface area contributed by atoms with Crippen LogP contribution in [0.4, 0.5) is 11.4 Å². The van der Waals surface area contributed by atoms with Crippen LogP contribution in [0.2, 0.25) is 0 Å². The van der Waals surface area contributed by atoms with E-state index in [1.807, 2.05) is 0 Å². The molecular formula is C14H18N4O4. The highest BCUT2D eigenvalue weighted by Gasteiger charge is 2.35. The molecule has 0 saturated carbocycles. The lowest BCUT2D eigenvalue weighted by molar-refractivity contribution is -0.384. The van der Waals surface area contributed by atoms with Crippen molar-refractivity contribution in [2.24, 2.45) is 5.73 Å². The van der Waals surface area contributed by atoms with Crippen molar-refractivity contribution in [2.75, 3.05) is 11.9 Å². The lowest BCUT2D eigenvalue weighted by Gasteiger charge is -2.25. The Bertz CT molecular complexity index is 585. The van der Waals surface area contributed by atoms with Crippen LogP contribution in [0.25, 0.3) is 0 Å². The van der Waals surface area contributed by atoms with Crippen LogP contribution in [0, 0.1) is 10.1 Å². The highest BCUT2D eigenvalue weighted by atomic mass is 16.6. The van der Waals surface area contributed by atoms with Crippen LogP contribution in [0.1, 0.15) is 19.8 Å². The molecule has 8 heteroatoms. The van der Waals surface area contributed by atoms with Gasteiger partial charge in [-0.25, -0.2) is 0 Å². The molecule has 118 valence electrons. The average Bonchev–Trinajstić information content (AvgIpc) is 2.96. The summed E-state index contributed by atoms with van der Waals surface area (Å²) in [4.78, 5) is 35.8. The fourth-order valence-electron chi connectivity index (χ4n) is 2.46. The van der Waals surface area contributed by atoms with E-state index in [2.05, 4.69) is 5.32 Å². The molecule has 2 atom stereocenters. The van der Waals surface area contributed by atoms with Gasteiger partial charge in [0.25, 0.3) is 5.69 Å². The maximum atomic E-state index is 12.3.